The predicted octanol–water partition coefficient (Wildman–Crippen LogP) is 3.67. The minimum atomic E-state index is 0.677. The monoisotopic (exact) mass is 242 g/mol. The van der Waals surface area contributed by atoms with Crippen LogP contribution >= 0.6 is 0 Å². The topological polar surface area (TPSA) is 15.3 Å². The molecular formula is C15H34N2. The van der Waals surface area contributed by atoms with Crippen molar-refractivity contribution in [3.05, 3.63) is 0 Å². The first kappa shape index (κ1) is 16.9. The zero-order valence-electron chi connectivity index (χ0n) is 12.8. The molecule has 104 valence electrons. The van der Waals surface area contributed by atoms with Crippen molar-refractivity contribution in [2.75, 3.05) is 20.1 Å². The Kier molecular flexibility index (Phi) is 11.0. The molecule has 17 heavy (non-hydrogen) atoms. The van der Waals surface area contributed by atoms with Crippen LogP contribution in [0, 0.1) is 0 Å². The third-order valence-electron chi connectivity index (χ3n) is 3.65. The number of unbranched alkanes of at least 4 members (excludes halogenated alkanes) is 2. The lowest BCUT2D eigenvalue weighted by Gasteiger charge is -2.21. The molecule has 0 aromatic rings. The summed E-state index contributed by atoms with van der Waals surface area (Å²) in [6.07, 6.45) is 7.91. The number of nitrogens with one attached hydrogen (secondary N) is 1. The molecule has 1 unspecified atom stereocenters. The zero-order valence-corrected chi connectivity index (χ0v) is 12.8. The van der Waals surface area contributed by atoms with Crippen molar-refractivity contribution in [3.63, 3.8) is 0 Å². The number of hydrogen-bond donors (Lipinski definition) is 1. The molecule has 1 atom stereocenters. The number of hydrogen-bond acceptors (Lipinski definition) is 2. The van der Waals surface area contributed by atoms with Crippen molar-refractivity contribution in [1.29, 1.82) is 0 Å². The fourth-order valence-electron chi connectivity index (χ4n) is 1.95. The van der Waals surface area contributed by atoms with E-state index in [-0.39, 0.29) is 0 Å². The van der Waals surface area contributed by atoms with Gasteiger partial charge in [0.25, 0.3) is 0 Å². The van der Waals surface area contributed by atoms with Crippen LogP contribution in [0.3, 0.4) is 0 Å². The van der Waals surface area contributed by atoms with Crippen LogP contribution < -0.4 is 5.32 Å². The Morgan fingerprint density at radius 1 is 1.06 bits per heavy atom. The fraction of sp³-hybridized carbons (Fsp3) is 1.00. The highest BCUT2D eigenvalue weighted by molar-refractivity contribution is 4.65. The average molecular weight is 242 g/mol. The first-order chi connectivity index (χ1) is 8.11. The summed E-state index contributed by atoms with van der Waals surface area (Å²) in [5, 5.41) is 3.69. The molecule has 0 aliphatic carbocycles. The molecular weight excluding hydrogens is 208 g/mol. The van der Waals surface area contributed by atoms with Gasteiger partial charge in [-0.15, -0.1) is 0 Å². The molecule has 0 saturated carbocycles. The second-order valence-corrected chi connectivity index (χ2v) is 5.48. The molecule has 0 fully saturated rings. The van der Waals surface area contributed by atoms with Gasteiger partial charge in [-0.3, -0.25) is 0 Å². The normalized spacial score (nSPS) is 13.6. The van der Waals surface area contributed by atoms with E-state index in [1.54, 1.807) is 0 Å². The molecule has 0 aliphatic heterocycles. The molecule has 1 N–H and O–H groups in total. The van der Waals surface area contributed by atoms with E-state index in [9.17, 15) is 0 Å². The van der Waals surface area contributed by atoms with E-state index in [0.29, 0.717) is 6.04 Å². The Morgan fingerprint density at radius 2 is 1.76 bits per heavy atom. The predicted molar refractivity (Wildman–Crippen MR) is 78.6 cm³/mol. The van der Waals surface area contributed by atoms with Crippen LogP contribution in [-0.4, -0.2) is 37.1 Å². The highest BCUT2D eigenvalue weighted by Crippen LogP contribution is 2.04. The van der Waals surface area contributed by atoms with Gasteiger partial charge in [-0.1, -0.05) is 26.7 Å². The molecule has 0 amide bonds. The summed E-state index contributed by atoms with van der Waals surface area (Å²) in [6.45, 7) is 11.5. The number of rotatable bonds is 11. The van der Waals surface area contributed by atoms with Crippen LogP contribution in [0.1, 0.15) is 66.2 Å². The molecule has 0 rings (SSSR count). The van der Waals surface area contributed by atoms with Crippen LogP contribution in [0.15, 0.2) is 0 Å². The number of nitrogens with zero attached hydrogens (tertiary/aromatic N) is 1. The standard InChI is InChI=1S/C15H34N2/c1-6-8-11-15(7-2)16-12-9-10-13-17(5)14(3)4/h14-16H,6-13H2,1-5H3. The van der Waals surface area contributed by atoms with Gasteiger partial charge in [-0.25, -0.2) is 0 Å². The molecule has 2 nitrogen and oxygen atoms in total. The molecule has 0 saturated heterocycles. The van der Waals surface area contributed by atoms with Crippen molar-refractivity contribution in [1.82, 2.24) is 10.2 Å². The van der Waals surface area contributed by atoms with E-state index in [1.165, 1.54) is 51.6 Å². The van der Waals surface area contributed by atoms with Crippen molar-refractivity contribution in [2.24, 2.45) is 0 Å². The van der Waals surface area contributed by atoms with Crippen molar-refractivity contribution in [2.45, 2.75) is 78.3 Å². The van der Waals surface area contributed by atoms with E-state index in [2.05, 4.69) is 45.0 Å². The summed E-state index contributed by atoms with van der Waals surface area (Å²) >= 11 is 0. The maximum atomic E-state index is 3.69. The van der Waals surface area contributed by atoms with Gasteiger partial charge in [0.1, 0.15) is 0 Å². The molecule has 0 bridgehead atoms. The minimum Gasteiger partial charge on any atom is -0.314 e. The Bertz CT molecular complexity index is 157. The van der Waals surface area contributed by atoms with Gasteiger partial charge in [-0.05, 0) is 59.7 Å². The average Bonchev–Trinajstić information content (AvgIpc) is 2.32. The summed E-state index contributed by atoms with van der Waals surface area (Å²) in [7, 11) is 2.22. The minimum absolute atomic E-state index is 0.677. The van der Waals surface area contributed by atoms with Gasteiger partial charge in [-0.2, -0.15) is 0 Å². The third-order valence-corrected chi connectivity index (χ3v) is 3.65. The fourth-order valence-corrected chi connectivity index (χ4v) is 1.95. The van der Waals surface area contributed by atoms with Gasteiger partial charge in [0.2, 0.25) is 0 Å². The smallest absolute Gasteiger partial charge is 0.00644 e. The zero-order chi connectivity index (χ0) is 13.1. The van der Waals surface area contributed by atoms with E-state index >= 15 is 0 Å². The molecule has 0 spiro atoms. The van der Waals surface area contributed by atoms with E-state index in [4.69, 9.17) is 0 Å². The maximum Gasteiger partial charge on any atom is 0.00644 e. The van der Waals surface area contributed by atoms with Crippen LogP contribution in [0.25, 0.3) is 0 Å². The van der Waals surface area contributed by atoms with Crippen LogP contribution in [0.2, 0.25) is 0 Å². The van der Waals surface area contributed by atoms with Crippen LogP contribution in [0.4, 0.5) is 0 Å². The van der Waals surface area contributed by atoms with Crippen molar-refractivity contribution < 1.29 is 0 Å². The summed E-state index contributed by atoms with van der Waals surface area (Å²) in [6, 6.07) is 1.42. The van der Waals surface area contributed by atoms with E-state index < -0.39 is 0 Å². The highest BCUT2D eigenvalue weighted by Gasteiger charge is 2.05. The van der Waals surface area contributed by atoms with E-state index in [0.717, 1.165) is 6.04 Å². The van der Waals surface area contributed by atoms with E-state index in [1.807, 2.05) is 0 Å². The Hall–Kier alpha value is -0.0800. The molecule has 0 radical (unpaired) electrons. The van der Waals surface area contributed by atoms with Gasteiger partial charge in [0.15, 0.2) is 0 Å². The van der Waals surface area contributed by atoms with Crippen molar-refractivity contribution in [3.8, 4) is 0 Å². The van der Waals surface area contributed by atoms with Crippen LogP contribution in [-0.2, 0) is 0 Å². The second kappa shape index (κ2) is 11.0. The summed E-state index contributed by atoms with van der Waals surface area (Å²) in [4.78, 5) is 2.42. The van der Waals surface area contributed by atoms with Gasteiger partial charge in [0, 0.05) is 12.1 Å². The molecule has 0 aromatic carbocycles. The van der Waals surface area contributed by atoms with Crippen LogP contribution in [0.5, 0.6) is 0 Å². The second-order valence-electron chi connectivity index (χ2n) is 5.48. The lowest BCUT2D eigenvalue weighted by atomic mass is 10.1. The van der Waals surface area contributed by atoms with Gasteiger partial charge in [0.05, 0.1) is 0 Å². The Labute approximate surface area is 109 Å². The Morgan fingerprint density at radius 3 is 2.29 bits per heavy atom. The SMILES string of the molecule is CCCCC(CC)NCCCCN(C)C(C)C. The third kappa shape index (κ3) is 9.61. The summed E-state index contributed by atoms with van der Waals surface area (Å²) in [5.41, 5.74) is 0. The Balaban J connectivity index is 3.42. The largest absolute Gasteiger partial charge is 0.314 e. The highest BCUT2D eigenvalue weighted by atomic mass is 15.1. The lowest BCUT2D eigenvalue weighted by molar-refractivity contribution is 0.267. The quantitative estimate of drug-likeness (QED) is 0.556. The molecule has 0 aliphatic rings. The first-order valence-electron chi connectivity index (χ1n) is 7.55. The molecule has 2 heteroatoms. The lowest BCUT2D eigenvalue weighted by Crippen LogP contribution is -2.31. The molecule has 0 aromatic heterocycles. The summed E-state index contributed by atoms with van der Waals surface area (Å²) in [5.74, 6) is 0. The molecule has 0 heterocycles. The summed E-state index contributed by atoms with van der Waals surface area (Å²) < 4.78 is 0. The maximum absolute atomic E-state index is 3.69. The van der Waals surface area contributed by atoms with Crippen molar-refractivity contribution >= 4 is 0 Å². The van der Waals surface area contributed by atoms with Gasteiger partial charge < -0.3 is 10.2 Å². The first-order valence-corrected chi connectivity index (χ1v) is 7.55. The van der Waals surface area contributed by atoms with Gasteiger partial charge >= 0.3 is 0 Å².